The van der Waals surface area contributed by atoms with Gasteiger partial charge in [-0.1, -0.05) is 110 Å². The molecule has 0 bridgehead atoms. The zero-order valence-corrected chi connectivity index (χ0v) is 15.5. The van der Waals surface area contributed by atoms with Crippen LogP contribution in [0.5, 0.6) is 0 Å². The quantitative estimate of drug-likeness (QED) is 0.363. The minimum Gasteiger partial charge on any atom is -1.00 e. The van der Waals surface area contributed by atoms with E-state index in [-0.39, 0.29) is 20.3 Å². The standard InChI is InChI=1S/C20H40.Li.H/c1-3-5-7-9-11-14-19-16-13-17-20(18-19)15-12-10-8-6-4-2;;/h19-20H,3-18H2,1-2H3;;/q;+1;-1. The molecule has 0 nitrogen and oxygen atoms in total. The Morgan fingerprint density at radius 3 is 1.52 bits per heavy atom. The molecule has 1 saturated carbocycles. The molecule has 0 saturated heterocycles. The van der Waals surface area contributed by atoms with E-state index in [1.807, 2.05) is 0 Å². The van der Waals surface area contributed by atoms with E-state index in [4.69, 9.17) is 0 Å². The molecule has 0 aliphatic heterocycles. The summed E-state index contributed by atoms with van der Waals surface area (Å²) in [6.07, 6.45) is 23.9. The van der Waals surface area contributed by atoms with Crippen molar-refractivity contribution in [1.29, 1.82) is 0 Å². The van der Waals surface area contributed by atoms with Crippen LogP contribution in [0.3, 0.4) is 0 Å². The molecule has 0 amide bonds. The molecule has 122 valence electrons. The Morgan fingerprint density at radius 2 is 1.10 bits per heavy atom. The van der Waals surface area contributed by atoms with Crippen molar-refractivity contribution >= 4 is 0 Å². The van der Waals surface area contributed by atoms with Gasteiger partial charge in [0.1, 0.15) is 0 Å². The second-order valence-electron chi connectivity index (χ2n) is 7.30. The Bertz CT molecular complexity index is 188. The van der Waals surface area contributed by atoms with Gasteiger partial charge in [0.2, 0.25) is 0 Å². The number of unbranched alkanes of at least 4 members (excludes halogenated alkanes) is 8. The van der Waals surface area contributed by atoms with E-state index >= 15 is 0 Å². The second kappa shape index (κ2) is 15.5. The van der Waals surface area contributed by atoms with E-state index < -0.39 is 0 Å². The minimum absolute atomic E-state index is 0. The molecule has 0 radical (unpaired) electrons. The van der Waals surface area contributed by atoms with Crippen LogP contribution in [-0.2, 0) is 0 Å². The van der Waals surface area contributed by atoms with Crippen LogP contribution in [0.15, 0.2) is 0 Å². The van der Waals surface area contributed by atoms with Gasteiger partial charge in [0.05, 0.1) is 0 Å². The van der Waals surface area contributed by atoms with E-state index in [0.29, 0.717) is 0 Å². The molecule has 0 spiro atoms. The molecule has 1 aliphatic carbocycles. The Kier molecular flexibility index (Phi) is 15.9. The van der Waals surface area contributed by atoms with Gasteiger partial charge in [-0.2, -0.15) is 0 Å². The van der Waals surface area contributed by atoms with Crippen LogP contribution in [0.25, 0.3) is 0 Å². The first kappa shape index (κ1) is 21.6. The Hall–Kier alpha value is 0.597. The fourth-order valence-corrected chi connectivity index (χ4v) is 4.00. The third-order valence-corrected chi connectivity index (χ3v) is 5.32. The van der Waals surface area contributed by atoms with Crippen LogP contribution in [0.2, 0.25) is 0 Å². The van der Waals surface area contributed by atoms with Crippen LogP contribution < -0.4 is 18.9 Å². The van der Waals surface area contributed by atoms with Gasteiger partial charge in [-0.25, -0.2) is 0 Å². The van der Waals surface area contributed by atoms with Gasteiger partial charge in [-0.15, -0.1) is 0 Å². The van der Waals surface area contributed by atoms with E-state index in [9.17, 15) is 0 Å². The first-order valence-electron chi connectivity index (χ1n) is 9.86. The van der Waals surface area contributed by atoms with Gasteiger partial charge in [0.25, 0.3) is 0 Å². The van der Waals surface area contributed by atoms with Crippen molar-refractivity contribution in [3.8, 4) is 0 Å². The molecule has 2 unspecified atom stereocenters. The van der Waals surface area contributed by atoms with Crippen LogP contribution in [-0.4, -0.2) is 0 Å². The van der Waals surface area contributed by atoms with Crippen LogP contribution in [0, 0.1) is 11.8 Å². The third-order valence-electron chi connectivity index (χ3n) is 5.32. The van der Waals surface area contributed by atoms with Gasteiger partial charge in [-0.3, -0.25) is 0 Å². The molecule has 1 aliphatic rings. The Labute approximate surface area is 148 Å². The monoisotopic (exact) mass is 288 g/mol. The van der Waals surface area contributed by atoms with Crippen molar-refractivity contribution in [3.05, 3.63) is 0 Å². The maximum absolute atomic E-state index is 2.31. The molecule has 1 fully saturated rings. The third kappa shape index (κ3) is 11.8. The van der Waals surface area contributed by atoms with Gasteiger partial charge >= 0.3 is 18.9 Å². The van der Waals surface area contributed by atoms with Crippen molar-refractivity contribution < 1.29 is 20.3 Å². The van der Waals surface area contributed by atoms with Crippen molar-refractivity contribution in [3.63, 3.8) is 0 Å². The predicted octanol–water partition coefficient (Wildman–Crippen LogP) is 4.63. The second-order valence-corrected chi connectivity index (χ2v) is 7.30. The first-order valence-corrected chi connectivity index (χ1v) is 9.86. The molecule has 1 rings (SSSR count). The molecular formula is C20H41Li. The summed E-state index contributed by atoms with van der Waals surface area (Å²) in [5, 5.41) is 0. The van der Waals surface area contributed by atoms with Crippen LogP contribution in [0.4, 0.5) is 0 Å². The average molecular weight is 288 g/mol. The normalized spacial score (nSPS) is 22.0. The molecule has 0 heterocycles. The van der Waals surface area contributed by atoms with Crippen molar-refractivity contribution in [2.24, 2.45) is 11.8 Å². The summed E-state index contributed by atoms with van der Waals surface area (Å²) < 4.78 is 0. The molecule has 21 heavy (non-hydrogen) atoms. The van der Waals surface area contributed by atoms with Crippen molar-refractivity contribution in [1.82, 2.24) is 0 Å². The summed E-state index contributed by atoms with van der Waals surface area (Å²) in [4.78, 5) is 0. The van der Waals surface area contributed by atoms with Crippen molar-refractivity contribution in [2.45, 2.75) is 117 Å². The fraction of sp³-hybridized carbons (Fsp3) is 1.00. The summed E-state index contributed by atoms with van der Waals surface area (Å²) in [5.41, 5.74) is 0. The van der Waals surface area contributed by atoms with E-state index in [1.54, 1.807) is 19.3 Å². The average Bonchev–Trinajstić information content (AvgIpc) is 2.47. The molecule has 0 N–H and O–H groups in total. The predicted molar refractivity (Wildman–Crippen MR) is 93.3 cm³/mol. The molecule has 1 heteroatoms. The largest absolute Gasteiger partial charge is 1.00 e. The smallest absolute Gasteiger partial charge is 1.00 e. The van der Waals surface area contributed by atoms with E-state index in [2.05, 4.69) is 13.8 Å². The first-order chi connectivity index (χ1) is 9.86. The zero-order valence-electron chi connectivity index (χ0n) is 16.5. The van der Waals surface area contributed by atoms with Gasteiger partial charge < -0.3 is 1.43 Å². The van der Waals surface area contributed by atoms with Gasteiger partial charge in [0.15, 0.2) is 0 Å². The molecule has 0 aromatic carbocycles. The van der Waals surface area contributed by atoms with Gasteiger partial charge in [-0.05, 0) is 18.3 Å². The molecule has 0 aromatic rings. The molecule has 2 atom stereocenters. The van der Waals surface area contributed by atoms with E-state index in [1.165, 1.54) is 83.5 Å². The SMILES string of the molecule is CCCCCCCC1CCCC(CCCCCCC)C1.[H-].[Li+]. The minimum atomic E-state index is 0. The summed E-state index contributed by atoms with van der Waals surface area (Å²) in [5.74, 6) is 2.18. The van der Waals surface area contributed by atoms with Gasteiger partial charge in [0, 0.05) is 0 Å². The Balaban J connectivity index is 0. The van der Waals surface area contributed by atoms with Crippen molar-refractivity contribution in [2.75, 3.05) is 0 Å². The molecular weight excluding hydrogens is 247 g/mol. The topological polar surface area (TPSA) is 0 Å². The Morgan fingerprint density at radius 1 is 0.667 bits per heavy atom. The summed E-state index contributed by atoms with van der Waals surface area (Å²) in [6, 6.07) is 0. The summed E-state index contributed by atoms with van der Waals surface area (Å²) >= 11 is 0. The summed E-state index contributed by atoms with van der Waals surface area (Å²) in [7, 11) is 0. The number of hydrogen-bond donors (Lipinski definition) is 0. The summed E-state index contributed by atoms with van der Waals surface area (Å²) in [6.45, 7) is 4.62. The zero-order chi connectivity index (χ0) is 14.5. The maximum Gasteiger partial charge on any atom is 1.00 e. The fourth-order valence-electron chi connectivity index (χ4n) is 4.00. The van der Waals surface area contributed by atoms with Crippen LogP contribution in [0.1, 0.15) is 118 Å². The maximum atomic E-state index is 2.31. The number of rotatable bonds is 12. The van der Waals surface area contributed by atoms with E-state index in [0.717, 1.165) is 11.8 Å². The molecule has 0 aromatic heterocycles. The van der Waals surface area contributed by atoms with Crippen LogP contribution >= 0.6 is 0 Å². The number of hydrogen-bond acceptors (Lipinski definition) is 0.